The molecule has 9 nitrogen and oxygen atoms in total. The summed E-state index contributed by atoms with van der Waals surface area (Å²) in [6, 6.07) is 22.6. The van der Waals surface area contributed by atoms with Gasteiger partial charge in [-0.25, -0.2) is 0 Å². The van der Waals surface area contributed by atoms with E-state index in [1.54, 1.807) is 0 Å². The summed E-state index contributed by atoms with van der Waals surface area (Å²) >= 11 is 0. The summed E-state index contributed by atoms with van der Waals surface area (Å²) in [6.45, 7) is 8.94. The molecule has 56 heavy (non-hydrogen) atoms. The fourth-order valence-corrected chi connectivity index (χ4v) is 9.26. The van der Waals surface area contributed by atoms with Gasteiger partial charge in [-0.05, 0) is 129 Å². The zero-order chi connectivity index (χ0) is 38.6. The van der Waals surface area contributed by atoms with Crippen molar-refractivity contribution in [3.05, 3.63) is 111 Å². The Morgan fingerprint density at radius 2 is 1.64 bits per heavy atom. The normalized spacial score (nSPS) is 19.0. The molecule has 0 radical (unpaired) electrons. The van der Waals surface area contributed by atoms with Gasteiger partial charge in [-0.3, -0.25) is 14.4 Å². The van der Waals surface area contributed by atoms with E-state index in [0.29, 0.717) is 56.1 Å². The number of aldehydes is 1. The molecular weight excluding hydrogens is 701 g/mol. The van der Waals surface area contributed by atoms with E-state index in [2.05, 4.69) is 46.2 Å². The highest BCUT2D eigenvalue weighted by atomic mass is 16.5. The van der Waals surface area contributed by atoms with Crippen LogP contribution in [0.25, 0.3) is 11.3 Å². The van der Waals surface area contributed by atoms with Gasteiger partial charge in [0.05, 0.1) is 13.0 Å². The quantitative estimate of drug-likeness (QED) is 0.151. The van der Waals surface area contributed by atoms with Gasteiger partial charge in [0.25, 0.3) is 5.91 Å². The highest BCUT2D eigenvalue weighted by Gasteiger charge is 2.34. The molecule has 2 amide bonds. The Morgan fingerprint density at radius 1 is 0.875 bits per heavy atom. The molecular formula is C47H56N4O5. The highest BCUT2D eigenvalue weighted by Crippen LogP contribution is 2.35. The molecule has 4 aliphatic heterocycles. The first kappa shape index (κ1) is 38.2. The second kappa shape index (κ2) is 17.2. The molecule has 0 bridgehead atoms. The Bertz CT molecular complexity index is 2040. The van der Waals surface area contributed by atoms with E-state index in [4.69, 9.17) is 9.47 Å². The van der Waals surface area contributed by atoms with Gasteiger partial charge in [0.15, 0.2) is 6.29 Å². The van der Waals surface area contributed by atoms with Gasteiger partial charge in [0.1, 0.15) is 5.75 Å². The van der Waals surface area contributed by atoms with Crippen molar-refractivity contribution in [2.75, 3.05) is 46.0 Å². The highest BCUT2D eigenvalue weighted by molar-refractivity contribution is 6.02. The third kappa shape index (κ3) is 8.35. The van der Waals surface area contributed by atoms with Crippen LogP contribution < -0.4 is 4.74 Å². The summed E-state index contributed by atoms with van der Waals surface area (Å²) in [6.07, 6.45) is 9.63. The average molecular weight is 757 g/mol. The van der Waals surface area contributed by atoms with E-state index in [9.17, 15) is 9.59 Å². The molecule has 2 fully saturated rings. The van der Waals surface area contributed by atoms with Gasteiger partial charge in [-0.15, -0.1) is 0 Å². The standard InChI is InChI=1S/C47H56N4O5/c1-33-40(32-52)28-45(48(33)2)43-26-37-14-20-50(46(53)24-35-10-12-42(13-11-35)56-23-17-34-15-21-55-22-16-34)29-39(37)27-44(43)47(54)51-30-38-9-5-4-8-36(38)25-41(51)31-49-18-6-3-7-19-49/h4-5,8-13,26-28,32,34,41H,3,6-7,14-25,29-31H2,1-2H3. The molecule has 4 aliphatic rings. The fraction of sp³-hybridized carbons (Fsp3) is 0.468. The number of amides is 2. The predicted molar refractivity (Wildman–Crippen MR) is 218 cm³/mol. The molecule has 294 valence electrons. The molecule has 3 aromatic carbocycles. The molecule has 1 unspecified atom stereocenters. The Balaban J connectivity index is 1.04. The average Bonchev–Trinajstić information content (AvgIpc) is 3.53. The van der Waals surface area contributed by atoms with E-state index < -0.39 is 0 Å². The summed E-state index contributed by atoms with van der Waals surface area (Å²) in [5, 5.41) is 0. The van der Waals surface area contributed by atoms with Crippen molar-refractivity contribution < 1.29 is 23.9 Å². The van der Waals surface area contributed by atoms with E-state index in [1.807, 2.05) is 53.8 Å². The zero-order valence-electron chi connectivity index (χ0n) is 33.1. The number of piperidine rings is 1. The smallest absolute Gasteiger partial charge is 0.255 e. The van der Waals surface area contributed by atoms with Gasteiger partial charge in [-0.1, -0.05) is 42.8 Å². The van der Waals surface area contributed by atoms with E-state index in [-0.39, 0.29) is 17.9 Å². The maximum atomic E-state index is 15.2. The lowest BCUT2D eigenvalue weighted by Crippen LogP contribution is -2.51. The number of nitrogens with zero attached hydrogens (tertiary/aromatic N) is 4. The fourth-order valence-electron chi connectivity index (χ4n) is 9.26. The number of ether oxygens (including phenoxy) is 2. The lowest BCUT2D eigenvalue weighted by Gasteiger charge is -2.41. The molecule has 0 aliphatic carbocycles. The maximum Gasteiger partial charge on any atom is 0.255 e. The van der Waals surface area contributed by atoms with Crippen LogP contribution in [0.4, 0.5) is 0 Å². The van der Waals surface area contributed by atoms with E-state index >= 15 is 4.79 Å². The van der Waals surface area contributed by atoms with Crippen molar-refractivity contribution >= 4 is 18.1 Å². The summed E-state index contributed by atoms with van der Waals surface area (Å²) in [7, 11) is 1.97. The van der Waals surface area contributed by atoms with Crippen molar-refractivity contribution in [1.29, 1.82) is 0 Å². The first-order valence-electron chi connectivity index (χ1n) is 20.8. The summed E-state index contributed by atoms with van der Waals surface area (Å²) < 4.78 is 13.5. The predicted octanol–water partition coefficient (Wildman–Crippen LogP) is 7.19. The SMILES string of the molecule is Cc1c(C=O)cc(-c2cc3c(cc2C(=O)N2Cc4ccccc4CC2CN2CCCCC2)CN(C(=O)Cc2ccc(OCCC4CCOCC4)cc2)CC3)n1C. The van der Waals surface area contributed by atoms with Crippen LogP contribution in [0.15, 0.2) is 66.7 Å². The number of hydrogen-bond donors (Lipinski definition) is 0. The third-order valence-electron chi connectivity index (χ3n) is 12.9. The Labute approximate surface area is 331 Å². The summed E-state index contributed by atoms with van der Waals surface area (Å²) in [5.74, 6) is 1.57. The van der Waals surface area contributed by atoms with Crippen molar-refractivity contribution in [2.24, 2.45) is 13.0 Å². The molecule has 2 saturated heterocycles. The number of aromatic nitrogens is 1. The van der Waals surface area contributed by atoms with Crippen LogP contribution in [0.2, 0.25) is 0 Å². The molecule has 4 aromatic rings. The van der Waals surface area contributed by atoms with Gasteiger partial charge in [-0.2, -0.15) is 0 Å². The third-order valence-corrected chi connectivity index (χ3v) is 12.9. The number of likely N-dealkylation sites (tertiary alicyclic amines) is 1. The Morgan fingerprint density at radius 3 is 2.39 bits per heavy atom. The second-order valence-electron chi connectivity index (χ2n) is 16.4. The topological polar surface area (TPSA) is 84.3 Å². The molecule has 5 heterocycles. The zero-order valence-corrected chi connectivity index (χ0v) is 33.1. The van der Waals surface area contributed by atoms with Crippen molar-refractivity contribution in [3.63, 3.8) is 0 Å². The van der Waals surface area contributed by atoms with Crippen molar-refractivity contribution in [3.8, 4) is 17.0 Å². The van der Waals surface area contributed by atoms with Gasteiger partial charge >= 0.3 is 0 Å². The molecule has 0 saturated carbocycles. The number of carbonyl (C=O) groups excluding carboxylic acids is 3. The van der Waals surface area contributed by atoms with Crippen LogP contribution in [-0.4, -0.2) is 89.4 Å². The minimum absolute atomic E-state index is 0.00401. The van der Waals surface area contributed by atoms with Crippen LogP contribution in [0.5, 0.6) is 5.75 Å². The molecule has 9 heteroatoms. The lowest BCUT2D eigenvalue weighted by atomic mass is 9.89. The minimum Gasteiger partial charge on any atom is -0.494 e. The van der Waals surface area contributed by atoms with Crippen LogP contribution >= 0.6 is 0 Å². The number of hydrogen-bond acceptors (Lipinski definition) is 6. The first-order valence-corrected chi connectivity index (χ1v) is 20.8. The Kier molecular flexibility index (Phi) is 11.7. The second-order valence-corrected chi connectivity index (χ2v) is 16.4. The summed E-state index contributed by atoms with van der Waals surface area (Å²) in [4.78, 5) is 47.6. The van der Waals surface area contributed by atoms with E-state index in [0.717, 1.165) is 104 Å². The number of benzene rings is 3. The molecule has 0 spiro atoms. The van der Waals surface area contributed by atoms with Gasteiger partial charge in [0.2, 0.25) is 5.91 Å². The monoisotopic (exact) mass is 756 g/mol. The molecule has 8 rings (SSSR count). The van der Waals surface area contributed by atoms with Crippen LogP contribution in [0.3, 0.4) is 0 Å². The summed E-state index contributed by atoms with van der Waals surface area (Å²) in [5.41, 5.74) is 9.45. The number of carbonyl (C=O) groups is 3. The maximum absolute atomic E-state index is 15.2. The first-order chi connectivity index (χ1) is 27.3. The van der Waals surface area contributed by atoms with Gasteiger partial charge in [0, 0.05) is 80.6 Å². The molecule has 1 aromatic heterocycles. The van der Waals surface area contributed by atoms with Gasteiger partial charge < -0.3 is 28.7 Å². The number of fused-ring (bicyclic) bond motifs is 2. The van der Waals surface area contributed by atoms with Crippen LogP contribution in [0.1, 0.15) is 92.8 Å². The van der Waals surface area contributed by atoms with Crippen LogP contribution in [-0.2, 0) is 48.9 Å². The van der Waals surface area contributed by atoms with Crippen molar-refractivity contribution in [1.82, 2.24) is 19.3 Å². The van der Waals surface area contributed by atoms with E-state index in [1.165, 1.54) is 30.4 Å². The largest absolute Gasteiger partial charge is 0.494 e. The van der Waals surface area contributed by atoms with Crippen molar-refractivity contribution in [2.45, 2.75) is 83.8 Å². The molecule has 1 atom stereocenters. The lowest BCUT2D eigenvalue weighted by molar-refractivity contribution is -0.131. The minimum atomic E-state index is 0.00401. The number of rotatable bonds is 11. The van der Waals surface area contributed by atoms with Crippen LogP contribution in [0, 0.1) is 12.8 Å². The Hall–Kier alpha value is -4.73. The molecule has 0 N–H and O–H groups in total.